The first-order chi connectivity index (χ1) is 9.60. The van der Waals surface area contributed by atoms with E-state index in [1.807, 2.05) is 0 Å². The van der Waals surface area contributed by atoms with Crippen LogP contribution < -0.4 is 16.4 Å². The van der Waals surface area contributed by atoms with Crippen molar-refractivity contribution in [1.82, 2.24) is 5.32 Å². The van der Waals surface area contributed by atoms with Crippen molar-refractivity contribution in [2.75, 3.05) is 12.4 Å². The van der Waals surface area contributed by atoms with Crippen molar-refractivity contribution in [2.24, 2.45) is 5.73 Å². The van der Waals surface area contributed by atoms with Crippen LogP contribution in [0.2, 0.25) is 5.02 Å². The molecule has 1 rings (SSSR count). The second-order valence-corrected chi connectivity index (χ2v) is 5.21. The molecule has 1 aromatic rings. The van der Waals surface area contributed by atoms with E-state index >= 15 is 0 Å². The average molecular weight is 315 g/mol. The molecule has 8 nitrogen and oxygen atoms in total. The van der Waals surface area contributed by atoms with E-state index in [4.69, 9.17) is 17.3 Å². The Morgan fingerprint density at radius 2 is 1.95 bits per heavy atom. The van der Waals surface area contributed by atoms with Crippen molar-refractivity contribution in [3.8, 4) is 0 Å². The summed E-state index contributed by atoms with van der Waals surface area (Å²) >= 11 is 5.92. The molecule has 0 unspecified atom stereocenters. The molecule has 1 aromatic carbocycles. The molecule has 2 amide bonds. The lowest BCUT2D eigenvalue weighted by Crippen LogP contribution is -2.53. The summed E-state index contributed by atoms with van der Waals surface area (Å²) in [5, 5.41) is 16.0. The summed E-state index contributed by atoms with van der Waals surface area (Å²) in [6.45, 7) is 2.84. The van der Waals surface area contributed by atoms with Crippen LogP contribution in [0.3, 0.4) is 0 Å². The van der Waals surface area contributed by atoms with Crippen molar-refractivity contribution in [1.29, 1.82) is 0 Å². The first kappa shape index (κ1) is 16.7. The number of amides is 2. The molecular formula is C12H15ClN4O4. The second-order valence-electron chi connectivity index (χ2n) is 4.80. The number of nitro benzene ring substituents is 1. The van der Waals surface area contributed by atoms with Crippen molar-refractivity contribution in [2.45, 2.75) is 19.4 Å². The van der Waals surface area contributed by atoms with Gasteiger partial charge < -0.3 is 16.4 Å². The Kier molecular flexibility index (Phi) is 4.74. The Hall–Kier alpha value is -2.35. The van der Waals surface area contributed by atoms with Gasteiger partial charge in [0.15, 0.2) is 0 Å². The van der Waals surface area contributed by atoms with Gasteiger partial charge in [0.05, 0.1) is 9.95 Å². The summed E-state index contributed by atoms with van der Waals surface area (Å²) in [6, 6.07) is 2.34. The number of primary amides is 1. The number of nitro groups is 1. The molecule has 4 N–H and O–H groups in total. The third kappa shape index (κ3) is 3.60. The van der Waals surface area contributed by atoms with Gasteiger partial charge in [0.25, 0.3) is 11.6 Å². The summed E-state index contributed by atoms with van der Waals surface area (Å²) in [4.78, 5) is 33.6. The van der Waals surface area contributed by atoms with Crippen LogP contribution in [-0.2, 0) is 4.79 Å². The van der Waals surface area contributed by atoms with Crippen LogP contribution in [0.15, 0.2) is 12.1 Å². The zero-order chi connectivity index (χ0) is 16.4. The van der Waals surface area contributed by atoms with Crippen molar-refractivity contribution in [3.63, 3.8) is 0 Å². The number of anilines is 1. The maximum absolute atomic E-state index is 12.1. The van der Waals surface area contributed by atoms with E-state index in [0.29, 0.717) is 0 Å². The largest absolute Gasteiger partial charge is 0.381 e. The molecule has 0 saturated heterocycles. The van der Waals surface area contributed by atoms with Gasteiger partial charge in [0, 0.05) is 18.7 Å². The van der Waals surface area contributed by atoms with Gasteiger partial charge in [-0.3, -0.25) is 19.7 Å². The fourth-order valence-corrected chi connectivity index (χ4v) is 1.84. The van der Waals surface area contributed by atoms with E-state index in [1.54, 1.807) is 0 Å². The predicted octanol–water partition coefficient (Wildman–Crippen LogP) is 1.28. The molecule has 0 aliphatic carbocycles. The number of hydrogen-bond donors (Lipinski definition) is 3. The van der Waals surface area contributed by atoms with Gasteiger partial charge in [-0.2, -0.15) is 0 Å². The highest BCUT2D eigenvalue weighted by molar-refractivity contribution is 6.34. The quantitative estimate of drug-likeness (QED) is 0.557. The molecule has 0 aliphatic rings. The van der Waals surface area contributed by atoms with Gasteiger partial charge in [-0.25, -0.2) is 0 Å². The van der Waals surface area contributed by atoms with Crippen molar-refractivity contribution < 1.29 is 14.5 Å². The summed E-state index contributed by atoms with van der Waals surface area (Å²) in [6.07, 6.45) is 0. The first-order valence-electron chi connectivity index (χ1n) is 5.88. The molecule has 114 valence electrons. The number of nitrogens with zero attached hydrogens (tertiary/aromatic N) is 1. The zero-order valence-electron chi connectivity index (χ0n) is 11.7. The Labute approximate surface area is 125 Å². The highest BCUT2D eigenvalue weighted by atomic mass is 35.5. The Morgan fingerprint density at radius 3 is 2.38 bits per heavy atom. The maximum Gasteiger partial charge on any atom is 0.294 e. The number of benzene rings is 1. The van der Waals surface area contributed by atoms with E-state index in [2.05, 4.69) is 10.6 Å². The summed E-state index contributed by atoms with van der Waals surface area (Å²) < 4.78 is 0. The molecule has 9 heteroatoms. The Balaban J connectivity index is 3.23. The van der Waals surface area contributed by atoms with Crippen LogP contribution >= 0.6 is 11.6 Å². The highest BCUT2D eigenvalue weighted by Gasteiger charge is 2.29. The summed E-state index contributed by atoms with van der Waals surface area (Å²) in [7, 11) is 1.48. The fraction of sp³-hybridized carbons (Fsp3) is 0.333. The molecule has 0 radical (unpaired) electrons. The Bertz CT molecular complexity index is 616. The lowest BCUT2D eigenvalue weighted by Gasteiger charge is -2.22. The van der Waals surface area contributed by atoms with Crippen LogP contribution in [0.1, 0.15) is 24.2 Å². The highest BCUT2D eigenvalue weighted by Crippen LogP contribution is 2.33. The number of carbonyl (C=O) groups excluding carboxylic acids is 2. The smallest absolute Gasteiger partial charge is 0.294 e. The number of nitrogens with two attached hydrogens (primary N) is 1. The molecule has 0 heterocycles. The van der Waals surface area contributed by atoms with Crippen molar-refractivity contribution in [3.05, 3.63) is 32.8 Å². The number of nitrogens with one attached hydrogen (secondary N) is 2. The lowest BCUT2D eigenvalue weighted by atomic mass is 10.0. The van der Waals surface area contributed by atoms with Gasteiger partial charge in [-0.15, -0.1) is 0 Å². The minimum atomic E-state index is -1.29. The molecule has 0 bridgehead atoms. The van der Waals surface area contributed by atoms with Gasteiger partial charge in [0.2, 0.25) is 5.91 Å². The van der Waals surface area contributed by atoms with E-state index in [0.717, 1.165) is 6.07 Å². The van der Waals surface area contributed by atoms with E-state index < -0.39 is 22.3 Å². The molecule has 0 spiro atoms. The van der Waals surface area contributed by atoms with Gasteiger partial charge in [-0.05, 0) is 19.9 Å². The predicted molar refractivity (Wildman–Crippen MR) is 78.4 cm³/mol. The fourth-order valence-electron chi connectivity index (χ4n) is 1.53. The molecule has 21 heavy (non-hydrogen) atoms. The molecule has 0 aliphatic heterocycles. The Morgan fingerprint density at radius 1 is 1.38 bits per heavy atom. The van der Waals surface area contributed by atoms with Crippen LogP contribution in [0.4, 0.5) is 11.4 Å². The van der Waals surface area contributed by atoms with Crippen LogP contribution in [-0.4, -0.2) is 29.3 Å². The number of carbonyl (C=O) groups is 2. The first-order valence-corrected chi connectivity index (χ1v) is 6.26. The summed E-state index contributed by atoms with van der Waals surface area (Å²) in [5.74, 6) is -1.42. The van der Waals surface area contributed by atoms with Crippen LogP contribution in [0, 0.1) is 10.1 Å². The number of rotatable bonds is 5. The minimum Gasteiger partial charge on any atom is -0.381 e. The summed E-state index contributed by atoms with van der Waals surface area (Å²) in [5.41, 5.74) is 3.58. The van der Waals surface area contributed by atoms with Crippen LogP contribution in [0.5, 0.6) is 0 Å². The average Bonchev–Trinajstić information content (AvgIpc) is 2.36. The third-order valence-electron chi connectivity index (χ3n) is 2.82. The van der Waals surface area contributed by atoms with E-state index in [9.17, 15) is 19.7 Å². The standard InChI is InChI=1S/C12H15ClN4O4/c1-12(2,11(14)19)16-10(18)6-4-7(13)9(15-3)8(5-6)17(20)21/h4-5,15H,1-3H3,(H2,14,19)(H,16,18). The zero-order valence-corrected chi connectivity index (χ0v) is 12.4. The normalized spacial score (nSPS) is 10.9. The van der Waals surface area contributed by atoms with Crippen LogP contribution in [0.25, 0.3) is 0 Å². The molecule has 0 atom stereocenters. The van der Waals surface area contributed by atoms with Gasteiger partial charge >= 0.3 is 0 Å². The SMILES string of the molecule is CNc1c(Cl)cc(C(=O)NC(C)(C)C(N)=O)cc1[N+](=O)[O-]. The van der Waals surface area contributed by atoms with Crippen molar-refractivity contribution >= 4 is 34.8 Å². The monoisotopic (exact) mass is 314 g/mol. The second kappa shape index (κ2) is 5.96. The van der Waals surface area contributed by atoms with E-state index in [1.165, 1.54) is 27.0 Å². The molecular weight excluding hydrogens is 300 g/mol. The number of hydrogen-bond acceptors (Lipinski definition) is 5. The molecule has 0 saturated carbocycles. The molecule has 0 fully saturated rings. The lowest BCUT2D eigenvalue weighted by molar-refractivity contribution is -0.383. The molecule has 0 aromatic heterocycles. The van der Waals surface area contributed by atoms with Gasteiger partial charge in [-0.1, -0.05) is 11.6 Å². The minimum absolute atomic E-state index is 0.0220. The number of halogens is 1. The third-order valence-corrected chi connectivity index (χ3v) is 3.12. The van der Waals surface area contributed by atoms with E-state index in [-0.39, 0.29) is 22.0 Å². The topological polar surface area (TPSA) is 127 Å². The maximum atomic E-state index is 12.1. The van der Waals surface area contributed by atoms with Gasteiger partial charge in [0.1, 0.15) is 11.2 Å².